The number of alkyl halides is 1. The first kappa shape index (κ1) is 18.8. The first-order chi connectivity index (χ1) is 12.4. The zero-order valence-corrected chi connectivity index (χ0v) is 16.7. The van der Waals surface area contributed by atoms with Crippen LogP contribution in [0.1, 0.15) is 16.7 Å². The molecule has 0 saturated heterocycles. The molecule has 2 aromatic carbocycles. The van der Waals surface area contributed by atoms with Crippen molar-refractivity contribution in [2.24, 2.45) is 0 Å². The molecule has 1 aliphatic carbocycles. The van der Waals surface area contributed by atoms with E-state index in [1.807, 2.05) is 0 Å². The van der Waals surface area contributed by atoms with Crippen molar-refractivity contribution in [1.82, 2.24) is 0 Å². The van der Waals surface area contributed by atoms with Gasteiger partial charge < -0.3 is 14.2 Å². The first-order valence-electron chi connectivity index (χ1n) is 8.88. The van der Waals surface area contributed by atoms with Crippen molar-refractivity contribution in [2.45, 2.75) is 12.8 Å². The minimum atomic E-state index is 0.631. The Morgan fingerprint density at radius 3 is 2.20 bits per heavy atom. The lowest BCUT2D eigenvalue weighted by molar-refractivity contribution is 0.0182. The van der Waals surface area contributed by atoms with Gasteiger partial charge in [-0.3, -0.25) is 0 Å². The van der Waals surface area contributed by atoms with E-state index in [9.17, 15) is 0 Å². The maximum absolute atomic E-state index is 5.74. The molecule has 0 radical (unpaired) electrons. The lowest BCUT2D eigenvalue weighted by Gasteiger charge is -2.10. The average Bonchev–Trinajstić information content (AvgIpc) is 3.03. The molecule has 3 rings (SSSR count). The molecule has 0 fully saturated rings. The summed E-state index contributed by atoms with van der Waals surface area (Å²) in [6, 6.07) is 15.3. The second-order valence-electron chi connectivity index (χ2n) is 6.05. The van der Waals surface area contributed by atoms with Crippen molar-refractivity contribution >= 4 is 22.6 Å². The fourth-order valence-electron chi connectivity index (χ4n) is 3.24. The van der Waals surface area contributed by atoms with Gasteiger partial charge in [-0.05, 0) is 40.7 Å². The van der Waals surface area contributed by atoms with Crippen molar-refractivity contribution in [3.8, 4) is 11.1 Å². The van der Waals surface area contributed by atoms with E-state index in [4.69, 9.17) is 14.2 Å². The summed E-state index contributed by atoms with van der Waals surface area (Å²) < 4.78 is 17.6. The second kappa shape index (κ2) is 10.3. The van der Waals surface area contributed by atoms with Crippen LogP contribution in [0.3, 0.4) is 0 Å². The van der Waals surface area contributed by atoms with Gasteiger partial charge in [0.25, 0.3) is 0 Å². The molecule has 0 saturated carbocycles. The third-order valence-corrected chi connectivity index (χ3v) is 4.87. The number of hydrogen-bond acceptors (Lipinski definition) is 3. The minimum absolute atomic E-state index is 0.631. The van der Waals surface area contributed by atoms with Crippen LogP contribution < -0.4 is 0 Å². The van der Waals surface area contributed by atoms with Gasteiger partial charge in [-0.2, -0.15) is 0 Å². The van der Waals surface area contributed by atoms with Gasteiger partial charge in [0.05, 0.1) is 39.6 Å². The number of fused-ring (bicyclic) bond motifs is 3. The lowest BCUT2D eigenvalue weighted by Crippen LogP contribution is -2.11. The molecule has 0 heterocycles. The number of rotatable bonds is 11. The quantitative estimate of drug-likeness (QED) is 0.247. The standard InChI is InChI=1S/C21H25IO3/c22-9-11-24-13-15-25-14-12-23-10-8-17-5-3-7-20-19-6-2-1-4-18(19)16-21(17)20/h1-7H,8-16H2. The van der Waals surface area contributed by atoms with Gasteiger partial charge >= 0.3 is 0 Å². The molecule has 0 aliphatic heterocycles. The second-order valence-corrected chi connectivity index (χ2v) is 7.13. The van der Waals surface area contributed by atoms with Gasteiger partial charge in [0, 0.05) is 4.43 Å². The van der Waals surface area contributed by atoms with E-state index in [0.29, 0.717) is 26.4 Å². The Morgan fingerprint density at radius 2 is 1.40 bits per heavy atom. The van der Waals surface area contributed by atoms with Crippen LogP contribution in [0.2, 0.25) is 0 Å². The Labute approximate surface area is 163 Å². The largest absolute Gasteiger partial charge is 0.379 e. The SMILES string of the molecule is ICCOCCOCCOCCc1cccc2c1Cc1ccccc1-2. The van der Waals surface area contributed by atoms with Crippen LogP contribution >= 0.6 is 22.6 Å². The van der Waals surface area contributed by atoms with Crippen LogP contribution in [-0.2, 0) is 27.1 Å². The van der Waals surface area contributed by atoms with Crippen molar-refractivity contribution in [3.05, 3.63) is 59.2 Å². The Kier molecular flexibility index (Phi) is 7.73. The highest BCUT2D eigenvalue weighted by molar-refractivity contribution is 14.1. The highest BCUT2D eigenvalue weighted by atomic mass is 127. The summed E-state index contributed by atoms with van der Waals surface area (Å²) in [6.07, 6.45) is 2.00. The van der Waals surface area contributed by atoms with E-state index in [0.717, 1.165) is 30.5 Å². The molecule has 0 N–H and O–H groups in total. The monoisotopic (exact) mass is 452 g/mol. The Bertz CT molecular complexity index is 672. The van der Waals surface area contributed by atoms with E-state index in [1.165, 1.54) is 27.8 Å². The molecule has 134 valence electrons. The molecule has 25 heavy (non-hydrogen) atoms. The van der Waals surface area contributed by atoms with Crippen molar-refractivity contribution < 1.29 is 14.2 Å². The van der Waals surface area contributed by atoms with Crippen LogP contribution in [-0.4, -0.2) is 44.1 Å². The van der Waals surface area contributed by atoms with Crippen molar-refractivity contribution in [3.63, 3.8) is 0 Å². The molecule has 0 bridgehead atoms. The molecule has 0 amide bonds. The van der Waals surface area contributed by atoms with E-state index in [1.54, 1.807) is 0 Å². The van der Waals surface area contributed by atoms with Gasteiger partial charge in [0.15, 0.2) is 0 Å². The third kappa shape index (κ3) is 5.26. The van der Waals surface area contributed by atoms with Gasteiger partial charge in [-0.25, -0.2) is 0 Å². The molecular formula is C21H25IO3. The van der Waals surface area contributed by atoms with E-state index < -0.39 is 0 Å². The zero-order valence-electron chi connectivity index (χ0n) is 14.5. The minimum Gasteiger partial charge on any atom is -0.379 e. The van der Waals surface area contributed by atoms with Gasteiger partial charge in [0.2, 0.25) is 0 Å². The maximum atomic E-state index is 5.74. The molecule has 1 aliphatic rings. The maximum Gasteiger partial charge on any atom is 0.0701 e. The predicted molar refractivity (Wildman–Crippen MR) is 110 cm³/mol. The zero-order chi connectivity index (χ0) is 17.3. The van der Waals surface area contributed by atoms with E-state index in [2.05, 4.69) is 65.1 Å². The predicted octanol–water partition coefficient (Wildman–Crippen LogP) is 4.29. The van der Waals surface area contributed by atoms with Gasteiger partial charge in [-0.15, -0.1) is 0 Å². The number of hydrogen-bond donors (Lipinski definition) is 0. The van der Waals surface area contributed by atoms with Crippen molar-refractivity contribution in [2.75, 3.05) is 44.1 Å². The molecule has 4 heteroatoms. The highest BCUT2D eigenvalue weighted by Crippen LogP contribution is 2.38. The molecule has 2 aromatic rings. The molecule has 0 unspecified atom stereocenters. The van der Waals surface area contributed by atoms with Crippen LogP contribution in [0.25, 0.3) is 11.1 Å². The van der Waals surface area contributed by atoms with Crippen LogP contribution in [0.15, 0.2) is 42.5 Å². The molecular weight excluding hydrogens is 427 g/mol. The highest BCUT2D eigenvalue weighted by Gasteiger charge is 2.19. The fraction of sp³-hybridized carbons (Fsp3) is 0.429. The third-order valence-electron chi connectivity index (χ3n) is 4.43. The Morgan fingerprint density at radius 1 is 0.720 bits per heavy atom. The van der Waals surface area contributed by atoms with Crippen LogP contribution in [0.4, 0.5) is 0 Å². The topological polar surface area (TPSA) is 27.7 Å². The van der Waals surface area contributed by atoms with Gasteiger partial charge in [0.1, 0.15) is 0 Å². The Balaban J connectivity index is 1.38. The Hall–Kier alpha value is -0.950. The molecule has 0 spiro atoms. The van der Waals surface area contributed by atoms with Crippen molar-refractivity contribution in [1.29, 1.82) is 0 Å². The normalized spacial score (nSPS) is 12.2. The smallest absolute Gasteiger partial charge is 0.0701 e. The summed E-state index contributed by atoms with van der Waals surface area (Å²) in [4.78, 5) is 0. The first-order valence-corrected chi connectivity index (χ1v) is 10.4. The van der Waals surface area contributed by atoms with Crippen LogP contribution in [0.5, 0.6) is 0 Å². The summed E-state index contributed by atoms with van der Waals surface area (Å²) in [6.45, 7) is 4.12. The lowest BCUT2D eigenvalue weighted by atomic mass is 9.99. The fourth-order valence-corrected chi connectivity index (χ4v) is 3.55. The number of benzene rings is 2. The van der Waals surface area contributed by atoms with Crippen LogP contribution in [0, 0.1) is 0 Å². The molecule has 0 atom stereocenters. The summed E-state index contributed by atoms with van der Waals surface area (Å²) >= 11 is 2.30. The number of ether oxygens (including phenoxy) is 3. The van der Waals surface area contributed by atoms with E-state index >= 15 is 0 Å². The summed E-state index contributed by atoms with van der Waals surface area (Å²) in [5.74, 6) is 0. The summed E-state index contributed by atoms with van der Waals surface area (Å²) in [7, 11) is 0. The summed E-state index contributed by atoms with van der Waals surface area (Å²) in [5, 5.41) is 0. The average molecular weight is 452 g/mol. The number of halogens is 1. The van der Waals surface area contributed by atoms with Gasteiger partial charge in [-0.1, -0.05) is 65.1 Å². The van der Waals surface area contributed by atoms with E-state index in [-0.39, 0.29) is 0 Å². The summed E-state index contributed by atoms with van der Waals surface area (Å²) in [5.41, 5.74) is 7.09. The molecule has 0 aromatic heterocycles. The molecule has 3 nitrogen and oxygen atoms in total.